The molecule has 0 aromatic heterocycles. The zero-order valence-electron chi connectivity index (χ0n) is 13.0. The molecule has 0 aliphatic heterocycles. The molecule has 1 aliphatic carbocycles. The normalized spacial score (nSPS) is 16.3. The molecule has 1 amide bonds. The minimum absolute atomic E-state index is 0.114. The number of halogens is 2. The van der Waals surface area contributed by atoms with Gasteiger partial charge in [-0.3, -0.25) is 4.79 Å². The predicted molar refractivity (Wildman–Crippen MR) is 87.8 cm³/mol. The summed E-state index contributed by atoms with van der Waals surface area (Å²) in [6.07, 6.45) is 1.38. The summed E-state index contributed by atoms with van der Waals surface area (Å²) in [5.41, 5.74) is 0. The first kappa shape index (κ1) is 17.9. The Morgan fingerprint density at radius 1 is 1.30 bits per heavy atom. The minimum atomic E-state index is -0.887. The fourth-order valence-corrected chi connectivity index (χ4v) is 2.53. The molecule has 0 unspecified atom stereocenters. The highest BCUT2D eigenvalue weighted by Crippen LogP contribution is 2.32. The number of ether oxygens (including phenoxy) is 2. The first-order valence-electron chi connectivity index (χ1n) is 7.44. The van der Waals surface area contributed by atoms with Crippen LogP contribution in [0, 0.1) is 5.92 Å². The van der Waals surface area contributed by atoms with Gasteiger partial charge in [-0.2, -0.15) is 0 Å². The summed E-state index contributed by atoms with van der Waals surface area (Å²) in [6, 6.07) is 4.80. The molecule has 126 valence electrons. The number of carbonyl (C=O) groups is 2. The van der Waals surface area contributed by atoms with Crippen molar-refractivity contribution in [2.75, 3.05) is 6.61 Å². The summed E-state index contributed by atoms with van der Waals surface area (Å²) in [7, 11) is 0. The highest BCUT2D eigenvalue weighted by atomic mass is 35.5. The van der Waals surface area contributed by atoms with E-state index in [9.17, 15) is 9.59 Å². The van der Waals surface area contributed by atoms with Crippen LogP contribution in [-0.2, 0) is 14.3 Å². The van der Waals surface area contributed by atoms with Gasteiger partial charge in [0.05, 0.1) is 5.02 Å². The largest absolute Gasteiger partial charge is 0.477 e. The van der Waals surface area contributed by atoms with Crippen LogP contribution in [0.5, 0.6) is 5.75 Å². The first-order chi connectivity index (χ1) is 10.9. The van der Waals surface area contributed by atoms with Crippen molar-refractivity contribution in [2.45, 2.75) is 38.8 Å². The Hall–Kier alpha value is -1.46. The molecular weight excluding hydrogens is 341 g/mol. The van der Waals surface area contributed by atoms with Gasteiger partial charge >= 0.3 is 5.97 Å². The lowest BCUT2D eigenvalue weighted by Gasteiger charge is -2.16. The number of rotatable bonds is 7. The van der Waals surface area contributed by atoms with Crippen molar-refractivity contribution in [3.8, 4) is 5.75 Å². The molecule has 1 fully saturated rings. The Balaban J connectivity index is 1.76. The van der Waals surface area contributed by atoms with Crippen molar-refractivity contribution in [2.24, 2.45) is 5.92 Å². The van der Waals surface area contributed by atoms with E-state index in [1.54, 1.807) is 12.1 Å². The van der Waals surface area contributed by atoms with Crippen molar-refractivity contribution in [3.63, 3.8) is 0 Å². The van der Waals surface area contributed by atoms with Crippen molar-refractivity contribution >= 4 is 35.1 Å². The SMILES string of the molecule is C[C@H](Oc1ccc(Cl)cc1Cl)C(=O)OCC(=O)N[C@H](C)C1CC1. The molecule has 0 heterocycles. The van der Waals surface area contributed by atoms with Crippen molar-refractivity contribution in [1.82, 2.24) is 5.32 Å². The maximum atomic E-state index is 11.9. The summed E-state index contributed by atoms with van der Waals surface area (Å²) >= 11 is 11.8. The zero-order valence-corrected chi connectivity index (χ0v) is 14.5. The van der Waals surface area contributed by atoms with Crippen molar-refractivity contribution in [1.29, 1.82) is 0 Å². The Morgan fingerprint density at radius 3 is 2.61 bits per heavy atom. The van der Waals surface area contributed by atoms with Gasteiger partial charge in [-0.25, -0.2) is 4.79 Å². The number of hydrogen-bond donors (Lipinski definition) is 1. The van der Waals surface area contributed by atoms with E-state index < -0.39 is 12.1 Å². The summed E-state index contributed by atoms with van der Waals surface area (Å²) in [4.78, 5) is 23.6. The van der Waals surface area contributed by atoms with Crippen LogP contribution in [0.4, 0.5) is 0 Å². The third-order valence-electron chi connectivity index (χ3n) is 3.59. The molecule has 2 atom stereocenters. The molecule has 5 nitrogen and oxygen atoms in total. The number of nitrogens with one attached hydrogen (secondary N) is 1. The molecule has 0 saturated heterocycles. The Labute approximate surface area is 145 Å². The van der Waals surface area contributed by atoms with Crippen LogP contribution >= 0.6 is 23.2 Å². The van der Waals surface area contributed by atoms with Crippen LogP contribution < -0.4 is 10.1 Å². The average Bonchev–Trinajstić information content (AvgIpc) is 3.32. The lowest BCUT2D eigenvalue weighted by Crippen LogP contribution is -2.38. The molecule has 0 radical (unpaired) electrons. The van der Waals surface area contributed by atoms with Crippen LogP contribution in [0.15, 0.2) is 18.2 Å². The molecule has 0 bridgehead atoms. The molecule has 7 heteroatoms. The first-order valence-corrected chi connectivity index (χ1v) is 8.20. The Bertz CT molecular complexity index is 589. The number of esters is 1. The van der Waals surface area contributed by atoms with Crippen molar-refractivity contribution < 1.29 is 19.1 Å². The lowest BCUT2D eigenvalue weighted by molar-refractivity contribution is -0.154. The van der Waals surface area contributed by atoms with Gasteiger partial charge < -0.3 is 14.8 Å². The molecule has 1 saturated carbocycles. The number of hydrogen-bond acceptors (Lipinski definition) is 4. The van der Waals surface area contributed by atoms with Gasteiger partial charge in [-0.05, 0) is 50.8 Å². The summed E-state index contributed by atoms with van der Waals surface area (Å²) < 4.78 is 10.4. The molecule has 0 spiro atoms. The van der Waals surface area contributed by atoms with Crippen LogP contribution in [-0.4, -0.2) is 30.6 Å². The number of amides is 1. The average molecular weight is 360 g/mol. The third-order valence-corrected chi connectivity index (χ3v) is 4.12. The third kappa shape index (κ3) is 5.59. The van der Waals surface area contributed by atoms with E-state index in [0.29, 0.717) is 21.7 Å². The summed E-state index contributed by atoms with van der Waals surface area (Å²) in [5.74, 6) is -0.0732. The van der Waals surface area contributed by atoms with Gasteiger partial charge in [0, 0.05) is 11.1 Å². The van der Waals surface area contributed by atoms with E-state index >= 15 is 0 Å². The van der Waals surface area contributed by atoms with E-state index in [-0.39, 0.29) is 18.6 Å². The Kier molecular flexibility index (Phi) is 6.13. The highest BCUT2D eigenvalue weighted by Gasteiger charge is 2.29. The standard InChI is InChI=1S/C16H19Cl2NO4/c1-9(11-3-4-11)19-15(20)8-22-16(21)10(2)23-14-6-5-12(17)7-13(14)18/h5-7,9-11H,3-4,8H2,1-2H3,(H,19,20)/t9-,10+/m1/s1. The number of benzene rings is 1. The molecule has 1 aromatic rings. The van der Waals surface area contributed by atoms with E-state index in [0.717, 1.165) is 12.8 Å². The predicted octanol–water partition coefficient (Wildman–Crippen LogP) is 3.22. The van der Waals surface area contributed by atoms with Gasteiger partial charge in [-0.1, -0.05) is 23.2 Å². The smallest absolute Gasteiger partial charge is 0.347 e. The lowest BCUT2D eigenvalue weighted by atomic mass is 10.2. The van der Waals surface area contributed by atoms with Crippen LogP contribution in [0.25, 0.3) is 0 Å². The topological polar surface area (TPSA) is 64.6 Å². The molecule has 1 aromatic carbocycles. The maximum absolute atomic E-state index is 11.9. The quantitative estimate of drug-likeness (QED) is 0.759. The molecular formula is C16H19Cl2NO4. The van der Waals surface area contributed by atoms with Crippen LogP contribution in [0.2, 0.25) is 10.0 Å². The van der Waals surface area contributed by atoms with Gasteiger partial charge in [-0.15, -0.1) is 0 Å². The second kappa shape index (κ2) is 7.88. The van der Waals surface area contributed by atoms with Crippen LogP contribution in [0.1, 0.15) is 26.7 Å². The molecule has 2 rings (SSSR count). The second-order valence-corrected chi connectivity index (χ2v) is 6.48. The zero-order chi connectivity index (χ0) is 17.0. The molecule has 1 N–H and O–H groups in total. The second-order valence-electron chi connectivity index (χ2n) is 5.64. The van der Waals surface area contributed by atoms with Gasteiger partial charge in [0.2, 0.25) is 0 Å². The monoisotopic (exact) mass is 359 g/mol. The van der Waals surface area contributed by atoms with Gasteiger partial charge in [0.15, 0.2) is 12.7 Å². The highest BCUT2D eigenvalue weighted by molar-refractivity contribution is 6.35. The van der Waals surface area contributed by atoms with Gasteiger partial charge in [0.1, 0.15) is 5.75 Å². The minimum Gasteiger partial charge on any atom is -0.477 e. The van der Waals surface area contributed by atoms with E-state index in [2.05, 4.69) is 5.32 Å². The van der Waals surface area contributed by atoms with E-state index in [1.165, 1.54) is 13.0 Å². The van der Waals surface area contributed by atoms with E-state index in [1.807, 2.05) is 6.92 Å². The van der Waals surface area contributed by atoms with Crippen LogP contribution in [0.3, 0.4) is 0 Å². The summed E-state index contributed by atoms with van der Waals surface area (Å²) in [6.45, 7) is 3.15. The molecule has 1 aliphatic rings. The maximum Gasteiger partial charge on any atom is 0.347 e. The van der Waals surface area contributed by atoms with Gasteiger partial charge in [0.25, 0.3) is 5.91 Å². The fraction of sp³-hybridized carbons (Fsp3) is 0.500. The summed E-state index contributed by atoms with van der Waals surface area (Å²) in [5, 5.41) is 3.58. The fourth-order valence-electron chi connectivity index (χ4n) is 2.07. The number of carbonyl (C=O) groups excluding carboxylic acids is 2. The molecule has 23 heavy (non-hydrogen) atoms. The van der Waals surface area contributed by atoms with Crippen molar-refractivity contribution in [3.05, 3.63) is 28.2 Å². The van der Waals surface area contributed by atoms with E-state index in [4.69, 9.17) is 32.7 Å². The Morgan fingerprint density at radius 2 is 2.00 bits per heavy atom.